The number of benzene rings is 1. The quantitative estimate of drug-likeness (QED) is 0.868. The van der Waals surface area contributed by atoms with Crippen LogP contribution >= 0.6 is 0 Å². The molecular formula is C18H23FN2. The van der Waals surface area contributed by atoms with Crippen LogP contribution in [-0.2, 0) is 12.8 Å². The molecule has 3 heteroatoms. The molecule has 0 aliphatic rings. The van der Waals surface area contributed by atoms with E-state index in [2.05, 4.69) is 30.2 Å². The molecule has 0 amide bonds. The number of aryl methyl sites for hydroxylation is 2. The van der Waals surface area contributed by atoms with Gasteiger partial charge in [-0.3, -0.25) is 4.98 Å². The molecule has 0 radical (unpaired) electrons. The van der Waals surface area contributed by atoms with E-state index in [9.17, 15) is 4.39 Å². The number of aromatic nitrogens is 1. The van der Waals surface area contributed by atoms with Gasteiger partial charge in [-0.15, -0.1) is 0 Å². The van der Waals surface area contributed by atoms with Crippen molar-refractivity contribution in [1.29, 1.82) is 0 Å². The minimum atomic E-state index is -0.172. The van der Waals surface area contributed by atoms with Gasteiger partial charge in [0.15, 0.2) is 0 Å². The van der Waals surface area contributed by atoms with Crippen LogP contribution in [0, 0.1) is 12.7 Å². The maximum absolute atomic E-state index is 13.3. The molecule has 0 fully saturated rings. The highest BCUT2D eigenvalue weighted by atomic mass is 19.1. The molecule has 2 rings (SSSR count). The van der Waals surface area contributed by atoms with Crippen LogP contribution in [0.1, 0.15) is 42.1 Å². The second-order valence-corrected chi connectivity index (χ2v) is 5.31. The smallest absolute Gasteiger partial charge is 0.123 e. The van der Waals surface area contributed by atoms with Gasteiger partial charge in [0, 0.05) is 18.4 Å². The highest BCUT2D eigenvalue weighted by Crippen LogP contribution is 2.24. The van der Waals surface area contributed by atoms with Crippen molar-refractivity contribution in [2.75, 3.05) is 6.54 Å². The third-order valence-electron chi connectivity index (χ3n) is 3.88. The van der Waals surface area contributed by atoms with Gasteiger partial charge in [-0.25, -0.2) is 4.39 Å². The van der Waals surface area contributed by atoms with Crippen molar-refractivity contribution < 1.29 is 4.39 Å². The molecule has 21 heavy (non-hydrogen) atoms. The number of nitrogens with zero attached hydrogens (tertiary/aromatic N) is 1. The maximum Gasteiger partial charge on any atom is 0.123 e. The van der Waals surface area contributed by atoms with Gasteiger partial charge in [0.1, 0.15) is 5.82 Å². The number of likely N-dealkylation sites (N-methyl/N-ethyl adjacent to an activating group) is 1. The van der Waals surface area contributed by atoms with Crippen LogP contribution in [-0.4, -0.2) is 11.5 Å². The standard InChI is InChI=1S/C18H23FN2/c1-4-14-12-20-9-8-17(14)18(21-5-2)11-15-6-7-16(19)10-13(15)3/h6-10,12,18,21H,4-5,11H2,1-3H3. The summed E-state index contributed by atoms with van der Waals surface area (Å²) in [5, 5.41) is 3.54. The molecule has 0 bridgehead atoms. The van der Waals surface area contributed by atoms with Gasteiger partial charge in [-0.05, 0) is 66.8 Å². The van der Waals surface area contributed by atoms with E-state index in [1.54, 1.807) is 12.1 Å². The second kappa shape index (κ2) is 7.32. The fourth-order valence-corrected chi connectivity index (χ4v) is 2.72. The summed E-state index contributed by atoms with van der Waals surface area (Å²) >= 11 is 0. The lowest BCUT2D eigenvalue weighted by Gasteiger charge is -2.22. The number of hydrogen-bond acceptors (Lipinski definition) is 2. The first-order valence-electron chi connectivity index (χ1n) is 7.56. The van der Waals surface area contributed by atoms with Crippen molar-refractivity contribution in [2.45, 2.75) is 39.7 Å². The van der Waals surface area contributed by atoms with Crippen molar-refractivity contribution in [1.82, 2.24) is 10.3 Å². The number of halogens is 1. The van der Waals surface area contributed by atoms with Gasteiger partial charge in [0.05, 0.1) is 0 Å². The summed E-state index contributed by atoms with van der Waals surface area (Å²) in [4.78, 5) is 4.22. The van der Waals surface area contributed by atoms with Crippen LogP contribution in [0.25, 0.3) is 0 Å². The van der Waals surface area contributed by atoms with Crippen molar-refractivity contribution in [3.05, 3.63) is 64.7 Å². The summed E-state index contributed by atoms with van der Waals surface area (Å²) in [5.74, 6) is -0.172. The predicted molar refractivity (Wildman–Crippen MR) is 84.9 cm³/mol. The normalized spacial score (nSPS) is 12.4. The van der Waals surface area contributed by atoms with Crippen molar-refractivity contribution in [3.8, 4) is 0 Å². The summed E-state index contributed by atoms with van der Waals surface area (Å²) in [7, 11) is 0. The molecule has 0 saturated heterocycles. The topological polar surface area (TPSA) is 24.9 Å². The van der Waals surface area contributed by atoms with Crippen molar-refractivity contribution in [3.63, 3.8) is 0 Å². The molecule has 1 N–H and O–H groups in total. The van der Waals surface area contributed by atoms with Crippen LogP contribution in [0.15, 0.2) is 36.7 Å². The zero-order chi connectivity index (χ0) is 15.2. The molecule has 112 valence electrons. The lowest BCUT2D eigenvalue weighted by molar-refractivity contribution is 0.543. The predicted octanol–water partition coefficient (Wildman–Crippen LogP) is 3.98. The molecular weight excluding hydrogens is 263 g/mol. The van der Waals surface area contributed by atoms with Gasteiger partial charge in [0.2, 0.25) is 0 Å². The highest BCUT2D eigenvalue weighted by Gasteiger charge is 2.15. The number of pyridine rings is 1. The first kappa shape index (κ1) is 15.6. The van der Waals surface area contributed by atoms with Gasteiger partial charge in [-0.2, -0.15) is 0 Å². The van der Waals surface area contributed by atoms with Crippen LogP contribution in [0.5, 0.6) is 0 Å². The zero-order valence-corrected chi connectivity index (χ0v) is 13.0. The molecule has 2 nitrogen and oxygen atoms in total. The molecule has 0 saturated carbocycles. The first-order chi connectivity index (χ1) is 10.2. The summed E-state index contributed by atoms with van der Waals surface area (Å²) in [6, 6.07) is 7.36. The Morgan fingerprint density at radius 3 is 2.67 bits per heavy atom. The molecule has 2 aromatic rings. The average Bonchev–Trinajstić information content (AvgIpc) is 2.49. The summed E-state index contributed by atoms with van der Waals surface area (Å²) in [5.41, 5.74) is 4.74. The minimum absolute atomic E-state index is 0.172. The molecule has 0 spiro atoms. The van der Waals surface area contributed by atoms with Crippen molar-refractivity contribution >= 4 is 0 Å². The molecule has 0 aliphatic heterocycles. The Morgan fingerprint density at radius 1 is 1.19 bits per heavy atom. The Kier molecular flexibility index (Phi) is 5.45. The van der Waals surface area contributed by atoms with Gasteiger partial charge < -0.3 is 5.32 Å². The number of hydrogen-bond donors (Lipinski definition) is 1. The van der Waals surface area contributed by atoms with Crippen molar-refractivity contribution in [2.24, 2.45) is 0 Å². The Morgan fingerprint density at radius 2 is 2.00 bits per heavy atom. The Hall–Kier alpha value is -1.74. The fraction of sp³-hybridized carbons (Fsp3) is 0.389. The molecule has 1 heterocycles. The second-order valence-electron chi connectivity index (χ2n) is 5.31. The van der Waals surface area contributed by atoms with E-state index in [1.165, 1.54) is 16.7 Å². The van der Waals surface area contributed by atoms with E-state index in [0.717, 1.165) is 24.9 Å². The van der Waals surface area contributed by atoms with E-state index in [-0.39, 0.29) is 11.9 Å². The van der Waals surface area contributed by atoms with E-state index in [4.69, 9.17) is 0 Å². The SMILES string of the molecule is CCNC(Cc1ccc(F)cc1C)c1ccncc1CC. The summed E-state index contributed by atoms with van der Waals surface area (Å²) in [6.07, 6.45) is 5.61. The van der Waals surface area contributed by atoms with E-state index >= 15 is 0 Å². The number of rotatable bonds is 6. The molecule has 1 aromatic heterocycles. The van der Waals surface area contributed by atoms with E-state index in [0.29, 0.717) is 0 Å². The molecule has 1 atom stereocenters. The Bertz CT molecular complexity index is 596. The first-order valence-corrected chi connectivity index (χ1v) is 7.56. The third-order valence-corrected chi connectivity index (χ3v) is 3.88. The lowest BCUT2D eigenvalue weighted by Crippen LogP contribution is -2.24. The van der Waals surface area contributed by atoms with Gasteiger partial charge in [-0.1, -0.05) is 19.9 Å². The monoisotopic (exact) mass is 286 g/mol. The molecule has 1 unspecified atom stereocenters. The fourth-order valence-electron chi connectivity index (χ4n) is 2.72. The van der Waals surface area contributed by atoms with Crippen LogP contribution < -0.4 is 5.32 Å². The minimum Gasteiger partial charge on any atom is -0.310 e. The van der Waals surface area contributed by atoms with Crippen LogP contribution in [0.2, 0.25) is 0 Å². The number of nitrogens with one attached hydrogen (secondary N) is 1. The molecule has 0 aliphatic carbocycles. The van der Waals surface area contributed by atoms with E-state index in [1.807, 2.05) is 25.4 Å². The Labute approximate surface area is 126 Å². The summed E-state index contributed by atoms with van der Waals surface area (Å²) < 4.78 is 13.3. The van der Waals surface area contributed by atoms with Crippen LogP contribution in [0.3, 0.4) is 0 Å². The largest absolute Gasteiger partial charge is 0.310 e. The van der Waals surface area contributed by atoms with Crippen LogP contribution in [0.4, 0.5) is 4.39 Å². The third kappa shape index (κ3) is 3.88. The van der Waals surface area contributed by atoms with Gasteiger partial charge in [0.25, 0.3) is 0 Å². The zero-order valence-electron chi connectivity index (χ0n) is 13.0. The average molecular weight is 286 g/mol. The lowest BCUT2D eigenvalue weighted by atomic mass is 9.93. The highest BCUT2D eigenvalue weighted by molar-refractivity contribution is 5.32. The van der Waals surface area contributed by atoms with E-state index < -0.39 is 0 Å². The van der Waals surface area contributed by atoms with Gasteiger partial charge >= 0.3 is 0 Å². The molecule has 1 aromatic carbocycles. The summed E-state index contributed by atoms with van der Waals surface area (Å²) in [6.45, 7) is 7.12. The Balaban J connectivity index is 2.30. The maximum atomic E-state index is 13.3.